The molecule has 0 amide bonds. The van der Waals surface area contributed by atoms with Crippen LogP contribution in [0.1, 0.15) is 5.82 Å². The van der Waals surface area contributed by atoms with Gasteiger partial charge in [0.1, 0.15) is 11.6 Å². The lowest BCUT2D eigenvalue weighted by molar-refractivity contribution is 0.415. The van der Waals surface area contributed by atoms with Gasteiger partial charge < -0.3 is 14.3 Å². The number of rotatable bonds is 4. The average Bonchev–Trinajstić information content (AvgIpc) is 3.17. The molecule has 154 valence electrons. The maximum absolute atomic E-state index is 13.4. The quantitative estimate of drug-likeness (QED) is 0.413. The molecule has 0 aliphatic carbocycles. The Bertz CT molecular complexity index is 1510. The molecule has 0 unspecified atom stereocenters. The number of aromatic amines is 1. The SMILES string of the molecule is COc1ccc(-c2ccc3c(=O)ccn(Cc4nc5nc(F)ccc5[nH]4)c3c2)c(Cl)c1. The zero-order valence-electron chi connectivity index (χ0n) is 16.4. The zero-order valence-corrected chi connectivity index (χ0v) is 17.2. The summed E-state index contributed by atoms with van der Waals surface area (Å²) in [6.45, 7) is 0.356. The number of hydrogen-bond donors (Lipinski definition) is 1. The van der Waals surface area contributed by atoms with E-state index in [4.69, 9.17) is 16.3 Å². The van der Waals surface area contributed by atoms with Gasteiger partial charge in [0.05, 0.1) is 29.7 Å². The van der Waals surface area contributed by atoms with E-state index < -0.39 is 5.95 Å². The fraction of sp³-hybridized carbons (Fsp3) is 0.0870. The molecule has 0 radical (unpaired) electrons. The minimum absolute atomic E-state index is 0.0769. The molecule has 5 rings (SSSR count). The molecular weight excluding hydrogens is 419 g/mol. The van der Waals surface area contributed by atoms with Crippen molar-refractivity contribution < 1.29 is 9.13 Å². The molecule has 0 aliphatic rings. The van der Waals surface area contributed by atoms with Gasteiger partial charge in [-0.2, -0.15) is 9.37 Å². The highest BCUT2D eigenvalue weighted by molar-refractivity contribution is 6.33. The second-order valence-corrected chi connectivity index (χ2v) is 7.48. The first kappa shape index (κ1) is 19.3. The molecule has 2 aromatic carbocycles. The van der Waals surface area contributed by atoms with Gasteiger partial charge in [-0.3, -0.25) is 4.79 Å². The Hall–Kier alpha value is -3.71. The maximum Gasteiger partial charge on any atom is 0.215 e. The van der Waals surface area contributed by atoms with E-state index in [1.54, 1.807) is 31.5 Å². The van der Waals surface area contributed by atoms with Crippen LogP contribution >= 0.6 is 11.6 Å². The first-order chi connectivity index (χ1) is 15.0. The molecule has 8 heteroatoms. The smallest absolute Gasteiger partial charge is 0.215 e. The van der Waals surface area contributed by atoms with Crippen molar-refractivity contribution in [2.24, 2.45) is 0 Å². The number of pyridine rings is 2. The highest BCUT2D eigenvalue weighted by atomic mass is 35.5. The van der Waals surface area contributed by atoms with Crippen LogP contribution in [0.15, 0.2) is 65.6 Å². The van der Waals surface area contributed by atoms with Crippen LogP contribution < -0.4 is 10.2 Å². The summed E-state index contributed by atoms with van der Waals surface area (Å²) in [4.78, 5) is 23.7. The van der Waals surface area contributed by atoms with Crippen molar-refractivity contribution in [2.75, 3.05) is 7.11 Å². The summed E-state index contributed by atoms with van der Waals surface area (Å²) < 4.78 is 20.5. The molecule has 1 N–H and O–H groups in total. The van der Waals surface area contributed by atoms with Crippen LogP contribution in [0.5, 0.6) is 5.75 Å². The Labute approximate surface area is 180 Å². The van der Waals surface area contributed by atoms with E-state index >= 15 is 0 Å². The Morgan fingerprint density at radius 3 is 2.77 bits per heavy atom. The minimum Gasteiger partial charge on any atom is -0.497 e. The molecule has 0 bridgehead atoms. The van der Waals surface area contributed by atoms with E-state index in [-0.39, 0.29) is 5.43 Å². The fourth-order valence-corrected chi connectivity index (χ4v) is 3.90. The highest BCUT2D eigenvalue weighted by Gasteiger charge is 2.11. The number of halogens is 2. The molecule has 6 nitrogen and oxygen atoms in total. The van der Waals surface area contributed by atoms with Crippen LogP contribution in [0.25, 0.3) is 33.2 Å². The van der Waals surface area contributed by atoms with E-state index in [1.165, 1.54) is 12.1 Å². The summed E-state index contributed by atoms with van der Waals surface area (Å²) in [5, 5.41) is 1.13. The number of nitrogens with zero attached hydrogens (tertiary/aromatic N) is 3. The lowest BCUT2D eigenvalue weighted by Gasteiger charge is -2.12. The Morgan fingerprint density at radius 1 is 1.10 bits per heavy atom. The topological polar surface area (TPSA) is 72.8 Å². The van der Waals surface area contributed by atoms with Gasteiger partial charge in [-0.05, 0) is 48.0 Å². The summed E-state index contributed by atoms with van der Waals surface area (Å²) in [5.41, 5.74) is 3.31. The van der Waals surface area contributed by atoms with Crippen LogP contribution in [0.2, 0.25) is 5.02 Å². The number of methoxy groups -OCH3 is 1. The third-order valence-corrected chi connectivity index (χ3v) is 5.46. The van der Waals surface area contributed by atoms with Crippen molar-refractivity contribution in [3.05, 3.63) is 87.8 Å². The number of nitrogens with one attached hydrogen (secondary N) is 1. The summed E-state index contributed by atoms with van der Waals surface area (Å²) in [7, 11) is 1.59. The van der Waals surface area contributed by atoms with Gasteiger partial charge >= 0.3 is 0 Å². The normalized spacial score (nSPS) is 11.3. The van der Waals surface area contributed by atoms with Gasteiger partial charge in [-0.15, -0.1) is 0 Å². The number of ether oxygens (including phenoxy) is 1. The van der Waals surface area contributed by atoms with Crippen molar-refractivity contribution in [3.63, 3.8) is 0 Å². The Kier molecular flexibility index (Phi) is 4.67. The van der Waals surface area contributed by atoms with Crippen molar-refractivity contribution >= 4 is 33.7 Å². The molecule has 0 aliphatic heterocycles. The van der Waals surface area contributed by atoms with E-state index in [2.05, 4.69) is 15.0 Å². The molecule has 5 aromatic rings. The van der Waals surface area contributed by atoms with Crippen molar-refractivity contribution in [1.82, 2.24) is 19.5 Å². The van der Waals surface area contributed by atoms with Gasteiger partial charge in [0, 0.05) is 23.2 Å². The van der Waals surface area contributed by atoms with Crippen LogP contribution in [0, 0.1) is 5.95 Å². The van der Waals surface area contributed by atoms with Crippen LogP contribution in [0.3, 0.4) is 0 Å². The van der Waals surface area contributed by atoms with E-state index in [0.29, 0.717) is 39.7 Å². The first-order valence-electron chi connectivity index (χ1n) is 9.50. The molecule has 3 aromatic heterocycles. The highest BCUT2D eigenvalue weighted by Crippen LogP contribution is 2.32. The van der Waals surface area contributed by atoms with E-state index in [0.717, 1.165) is 16.6 Å². The molecule has 0 saturated carbocycles. The summed E-state index contributed by atoms with van der Waals surface area (Å²) >= 11 is 6.45. The molecule has 0 fully saturated rings. The van der Waals surface area contributed by atoms with Crippen molar-refractivity contribution in [3.8, 4) is 16.9 Å². The first-order valence-corrected chi connectivity index (χ1v) is 9.88. The second-order valence-electron chi connectivity index (χ2n) is 7.07. The monoisotopic (exact) mass is 434 g/mol. The van der Waals surface area contributed by atoms with Gasteiger partial charge in [0.2, 0.25) is 5.95 Å². The Balaban J connectivity index is 1.61. The number of fused-ring (bicyclic) bond motifs is 2. The third kappa shape index (κ3) is 3.53. The zero-order chi connectivity index (χ0) is 21.5. The lowest BCUT2D eigenvalue weighted by atomic mass is 10.0. The molecule has 31 heavy (non-hydrogen) atoms. The van der Waals surface area contributed by atoms with Crippen LogP contribution in [-0.2, 0) is 6.54 Å². The third-order valence-electron chi connectivity index (χ3n) is 5.15. The van der Waals surface area contributed by atoms with Crippen LogP contribution in [0.4, 0.5) is 4.39 Å². The largest absolute Gasteiger partial charge is 0.497 e. The van der Waals surface area contributed by atoms with Gasteiger partial charge in [0.25, 0.3) is 0 Å². The number of hydrogen-bond acceptors (Lipinski definition) is 4. The average molecular weight is 435 g/mol. The number of imidazole rings is 1. The lowest BCUT2D eigenvalue weighted by Crippen LogP contribution is -2.09. The molecule has 0 spiro atoms. The van der Waals surface area contributed by atoms with Crippen LogP contribution in [-0.4, -0.2) is 26.6 Å². The van der Waals surface area contributed by atoms with E-state index in [9.17, 15) is 9.18 Å². The molecule has 3 heterocycles. The number of H-pyrrole nitrogens is 1. The maximum atomic E-state index is 13.4. The predicted molar refractivity (Wildman–Crippen MR) is 118 cm³/mol. The van der Waals surface area contributed by atoms with Gasteiger partial charge in [0.15, 0.2) is 11.1 Å². The second kappa shape index (κ2) is 7.52. The number of benzene rings is 2. The van der Waals surface area contributed by atoms with Gasteiger partial charge in [-0.1, -0.05) is 17.7 Å². The minimum atomic E-state index is -0.583. The summed E-state index contributed by atoms with van der Waals surface area (Å²) in [5.74, 6) is 0.688. The van der Waals surface area contributed by atoms with E-state index in [1.807, 2.05) is 28.8 Å². The van der Waals surface area contributed by atoms with Crippen molar-refractivity contribution in [1.29, 1.82) is 0 Å². The fourth-order valence-electron chi connectivity index (χ4n) is 3.62. The van der Waals surface area contributed by atoms with Crippen molar-refractivity contribution in [2.45, 2.75) is 6.54 Å². The molecular formula is C23H16ClFN4O2. The Morgan fingerprint density at radius 2 is 1.97 bits per heavy atom. The molecule has 0 saturated heterocycles. The number of aromatic nitrogens is 4. The standard InChI is InChI=1S/C23H16ClFN4O2/c1-31-14-3-5-15(17(24)11-14)13-2-4-16-19(10-13)29(9-8-20(16)30)12-22-26-18-6-7-21(25)27-23(18)28-22/h2-11H,12H2,1H3,(H,26,27,28). The summed E-state index contributed by atoms with van der Waals surface area (Å²) in [6, 6.07) is 15.4. The predicted octanol–water partition coefficient (Wildman–Crippen LogP) is 4.79. The summed E-state index contributed by atoms with van der Waals surface area (Å²) in [6.07, 6.45) is 1.71. The molecule has 0 atom stereocenters. The van der Waals surface area contributed by atoms with Gasteiger partial charge in [-0.25, -0.2) is 4.98 Å².